The lowest BCUT2D eigenvalue weighted by Gasteiger charge is -2.14. The van der Waals surface area contributed by atoms with Crippen molar-refractivity contribution in [2.75, 3.05) is 5.32 Å². The average molecular weight is 300 g/mol. The Morgan fingerprint density at radius 2 is 2.10 bits per heavy atom. The van der Waals surface area contributed by atoms with Gasteiger partial charge in [0.05, 0.1) is 16.5 Å². The van der Waals surface area contributed by atoms with Crippen molar-refractivity contribution in [3.8, 4) is 0 Å². The van der Waals surface area contributed by atoms with Crippen molar-refractivity contribution < 1.29 is 22.7 Å². The van der Waals surface area contributed by atoms with Crippen molar-refractivity contribution in [1.29, 1.82) is 0 Å². The molecule has 1 aliphatic rings. The van der Waals surface area contributed by atoms with E-state index in [4.69, 9.17) is 10.2 Å². The van der Waals surface area contributed by atoms with Gasteiger partial charge in [-0.3, -0.25) is 4.79 Å². The van der Waals surface area contributed by atoms with Crippen molar-refractivity contribution in [2.24, 2.45) is 11.1 Å². The molecule has 1 aromatic carbocycles. The molecule has 2 atom stereocenters. The van der Waals surface area contributed by atoms with Crippen LogP contribution in [0.1, 0.15) is 6.42 Å². The molecule has 0 saturated carbocycles. The number of aliphatic carboxylic acids is 1. The first kappa shape index (κ1) is 14.5. The summed E-state index contributed by atoms with van der Waals surface area (Å²) in [7, 11) is -3.95. The van der Waals surface area contributed by atoms with Crippen LogP contribution in [-0.4, -0.2) is 25.5 Å². The maximum Gasteiger partial charge on any atom is 0.310 e. The molecular formula is C12H13FN2O4S. The standard InChI is InChI=1S/C12H13FN2O4S/c13-10-6-9(20(14,18)19)3-4-11(10)15-8-2-1-7(5-8)12(16)17/h1-4,6-8,15H,5H2,(H,16,17)(H2,14,18,19). The molecule has 0 saturated heterocycles. The molecular weight excluding hydrogens is 287 g/mol. The van der Waals surface area contributed by atoms with Gasteiger partial charge in [-0.25, -0.2) is 17.9 Å². The molecule has 4 N–H and O–H groups in total. The van der Waals surface area contributed by atoms with Gasteiger partial charge in [-0.1, -0.05) is 12.2 Å². The van der Waals surface area contributed by atoms with Crippen LogP contribution in [0.3, 0.4) is 0 Å². The molecule has 0 spiro atoms. The highest BCUT2D eigenvalue weighted by Gasteiger charge is 2.24. The summed E-state index contributed by atoms with van der Waals surface area (Å²) >= 11 is 0. The first-order chi connectivity index (χ1) is 9.27. The minimum absolute atomic E-state index is 0.0955. The van der Waals surface area contributed by atoms with Gasteiger partial charge in [-0.05, 0) is 24.6 Å². The van der Waals surface area contributed by atoms with Gasteiger partial charge >= 0.3 is 5.97 Å². The number of hydrogen-bond acceptors (Lipinski definition) is 4. The van der Waals surface area contributed by atoms with Crippen molar-refractivity contribution in [3.05, 3.63) is 36.2 Å². The Hall–Kier alpha value is -1.93. The number of carboxylic acid groups (broad SMARTS) is 1. The van der Waals surface area contributed by atoms with Gasteiger partial charge in [-0.2, -0.15) is 0 Å². The van der Waals surface area contributed by atoms with E-state index in [1.807, 2.05) is 0 Å². The quantitative estimate of drug-likeness (QED) is 0.716. The fourth-order valence-corrected chi connectivity index (χ4v) is 2.50. The zero-order chi connectivity index (χ0) is 14.9. The number of nitrogens with one attached hydrogen (secondary N) is 1. The summed E-state index contributed by atoms with van der Waals surface area (Å²) in [4.78, 5) is 10.5. The maximum atomic E-state index is 13.8. The molecule has 20 heavy (non-hydrogen) atoms. The Kier molecular flexibility index (Phi) is 3.78. The van der Waals surface area contributed by atoms with Crippen molar-refractivity contribution in [2.45, 2.75) is 17.4 Å². The van der Waals surface area contributed by atoms with Gasteiger partial charge in [0.2, 0.25) is 10.0 Å². The van der Waals surface area contributed by atoms with Crippen LogP contribution >= 0.6 is 0 Å². The Bertz CT molecular complexity index is 672. The van der Waals surface area contributed by atoms with Crippen LogP contribution < -0.4 is 10.5 Å². The van der Waals surface area contributed by atoms with E-state index in [1.54, 1.807) is 6.08 Å². The molecule has 0 heterocycles. The van der Waals surface area contributed by atoms with Gasteiger partial charge in [0.25, 0.3) is 0 Å². The number of carbonyl (C=O) groups is 1. The highest BCUT2D eigenvalue weighted by Crippen LogP contribution is 2.24. The Labute approximate surface area is 115 Å². The number of sulfonamides is 1. The molecule has 0 aliphatic heterocycles. The second kappa shape index (κ2) is 5.22. The minimum atomic E-state index is -3.95. The number of halogens is 1. The molecule has 0 fully saturated rings. The molecule has 1 aliphatic carbocycles. The number of primary sulfonamides is 1. The van der Waals surface area contributed by atoms with Gasteiger partial charge < -0.3 is 10.4 Å². The smallest absolute Gasteiger partial charge is 0.310 e. The predicted octanol–water partition coefficient (Wildman–Crippen LogP) is 0.914. The lowest BCUT2D eigenvalue weighted by molar-refractivity contribution is -0.140. The van der Waals surface area contributed by atoms with E-state index in [9.17, 15) is 17.6 Å². The largest absolute Gasteiger partial charge is 0.481 e. The number of anilines is 1. The molecule has 0 amide bonds. The van der Waals surface area contributed by atoms with E-state index in [0.29, 0.717) is 6.42 Å². The Morgan fingerprint density at radius 1 is 1.40 bits per heavy atom. The minimum Gasteiger partial charge on any atom is -0.481 e. The van der Waals surface area contributed by atoms with Crippen LogP contribution in [0, 0.1) is 11.7 Å². The van der Waals surface area contributed by atoms with E-state index in [-0.39, 0.29) is 16.6 Å². The van der Waals surface area contributed by atoms with E-state index in [2.05, 4.69) is 5.32 Å². The first-order valence-corrected chi connectivity index (χ1v) is 7.32. The molecule has 2 rings (SSSR count). The van der Waals surface area contributed by atoms with Crippen molar-refractivity contribution in [1.82, 2.24) is 0 Å². The van der Waals surface area contributed by atoms with Gasteiger partial charge in [0, 0.05) is 6.04 Å². The lowest BCUT2D eigenvalue weighted by atomic mass is 10.1. The molecule has 2 unspecified atom stereocenters. The molecule has 0 bridgehead atoms. The summed E-state index contributed by atoms with van der Waals surface area (Å²) in [6.45, 7) is 0. The summed E-state index contributed by atoms with van der Waals surface area (Å²) in [6, 6.07) is 2.96. The van der Waals surface area contributed by atoms with Crippen LogP contribution in [0.5, 0.6) is 0 Å². The van der Waals surface area contributed by atoms with Crippen molar-refractivity contribution in [3.63, 3.8) is 0 Å². The highest BCUT2D eigenvalue weighted by molar-refractivity contribution is 7.89. The molecule has 6 nitrogen and oxygen atoms in total. The fourth-order valence-electron chi connectivity index (χ4n) is 1.98. The van der Waals surface area contributed by atoms with E-state index in [1.165, 1.54) is 18.2 Å². The summed E-state index contributed by atoms with van der Waals surface area (Å²) in [6.07, 6.45) is 3.49. The lowest BCUT2D eigenvalue weighted by Crippen LogP contribution is -2.19. The van der Waals surface area contributed by atoms with Crippen LogP contribution in [0.4, 0.5) is 10.1 Å². The maximum absolute atomic E-state index is 13.8. The number of rotatable bonds is 4. The third-order valence-electron chi connectivity index (χ3n) is 3.01. The molecule has 8 heteroatoms. The zero-order valence-corrected chi connectivity index (χ0v) is 11.1. The summed E-state index contributed by atoms with van der Waals surface area (Å²) < 4.78 is 35.9. The van der Waals surface area contributed by atoms with Gasteiger partial charge in [-0.15, -0.1) is 0 Å². The van der Waals surface area contributed by atoms with E-state index < -0.39 is 27.7 Å². The summed E-state index contributed by atoms with van der Waals surface area (Å²) in [5.41, 5.74) is 0.0955. The Balaban J connectivity index is 2.12. The number of hydrogen-bond donors (Lipinski definition) is 3. The highest BCUT2D eigenvalue weighted by atomic mass is 32.2. The van der Waals surface area contributed by atoms with Crippen LogP contribution in [0.2, 0.25) is 0 Å². The van der Waals surface area contributed by atoms with E-state index >= 15 is 0 Å². The number of benzene rings is 1. The molecule has 108 valence electrons. The van der Waals surface area contributed by atoms with Gasteiger partial charge in [0.15, 0.2) is 0 Å². The SMILES string of the molecule is NS(=O)(=O)c1ccc(NC2C=CC(C(=O)O)C2)c(F)c1. The topological polar surface area (TPSA) is 109 Å². The van der Waals surface area contributed by atoms with Crippen LogP contribution in [0.15, 0.2) is 35.2 Å². The Morgan fingerprint density at radius 3 is 2.60 bits per heavy atom. The van der Waals surface area contributed by atoms with Crippen LogP contribution in [0.25, 0.3) is 0 Å². The van der Waals surface area contributed by atoms with Gasteiger partial charge in [0.1, 0.15) is 5.82 Å². The molecule has 0 radical (unpaired) electrons. The summed E-state index contributed by atoms with van der Waals surface area (Å²) in [5, 5.41) is 16.6. The molecule has 0 aromatic heterocycles. The van der Waals surface area contributed by atoms with E-state index in [0.717, 1.165) is 6.07 Å². The molecule has 1 aromatic rings. The number of carboxylic acids is 1. The third kappa shape index (κ3) is 3.14. The monoisotopic (exact) mass is 300 g/mol. The fraction of sp³-hybridized carbons (Fsp3) is 0.250. The normalized spacial score (nSPS) is 21.9. The average Bonchev–Trinajstić information content (AvgIpc) is 2.79. The zero-order valence-electron chi connectivity index (χ0n) is 10.3. The predicted molar refractivity (Wildman–Crippen MR) is 70.1 cm³/mol. The van der Waals surface area contributed by atoms with Crippen LogP contribution in [-0.2, 0) is 14.8 Å². The second-order valence-corrected chi connectivity index (χ2v) is 6.06. The second-order valence-electron chi connectivity index (χ2n) is 4.50. The summed E-state index contributed by atoms with van der Waals surface area (Å²) in [5.74, 6) is -2.29. The van der Waals surface area contributed by atoms with Crippen molar-refractivity contribution >= 4 is 21.7 Å². The first-order valence-electron chi connectivity index (χ1n) is 5.77. The third-order valence-corrected chi connectivity index (χ3v) is 3.92. The number of nitrogens with two attached hydrogens (primary N) is 1.